The maximum Gasteiger partial charge on any atom is 0.336 e. The van der Waals surface area contributed by atoms with Gasteiger partial charge in [-0.2, -0.15) is 0 Å². The van der Waals surface area contributed by atoms with Gasteiger partial charge in [-0.15, -0.1) is 0 Å². The molecular weight excluding hydrogens is 184 g/mol. The molecule has 1 rings (SSSR count). The quantitative estimate of drug-likeness (QED) is 0.497. The lowest BCUT2D eigenvalue weighted by atomic mass is 9.91. The molecule has 0 N–H and O–H groups in total. The highest BCUT2D eigenvalue weighted by atomic mass is 16.7. The van der Waals surface area contributed by atoms with E-state index in [1.54, 1.807) is 6.92 Å². The molecule has 1 aliphatic rings. The fourth-order valence-corrected chi connectivity index (χ4v) is 1.16. The first-order chi connectivity index (χ1) is 6.33. The summed E-state index contributed by atoms with van der Waals surface area (Å²) in [5.74, 6) is -0.868. The minimum absolute atomic E-state index is 0.265. The van der Waals surface area contributed by atoms with Crippen molar-refractivity contribution in [2.24, 2.45) is 5.41 Å². The van der Waals surface area contributed by atoms with Gasteiger partial charge in [0.15, 0.2) is 0 Å². The van der Waals surface area contributed by atoms with Crippen molar-refractivity contribution in [2.45, 2.75) is 33.5 Å². The zero-order chi connectivity index (χ0) is 10.9. The molecule has 1 aliphatic heterocycles. The third-order valence-corrected chi connectivity index (χ3v) is 2.04. The summed E-state index contributed by atoms with van der Waals surface area (Å²) in [5, 5.41) is 0. The molecule has 0 aromatic carbocycles. The number of esters is 2. The van der Waals surface area contributed by atoms with Gasteiger partial charge in [-0.05, 0) is 6.92 Å². The summed E-state index contributed by atoms with van der Waals surface area (Å²) in [5.41, 5.74) is -0.161. The van der Waals surface area contributed by atoms with Gasteiger partial charge >= 0.3 is 11.9 Å². The first kappa shape index (κ1) is 10.8. The Balaban J connectivity index is 2.66. The highest BCUT2D eigenvalue weighted by Crippen LogP contribution is 2.35. The van der Waals surface area contributed by atoms with Crippen LogP contribution in [0.2, 0.25) is 0 Å². The van der Waals surface area contributed by atoms with Gasteiger partial charge in [0, 0.05) is 11.0 Å². The molecule has 0 aliphatic carbocycles. The van der Waals surface area contributed by atoms with Crippen LogP contribution in [0.5, 0.6) is 0 Å². The molecular formula is C10H14O4. The van der Waals surface area contributed by atoms with E-state index in [1.165, 1.54) is 0 Å². The third kappa shape index (κ3) is 2.13. The van der Waals surface area contributed by atoms with Crippen LogP contribution in [-0.2, 0) is 19.1 Å². The molecule has 0 radical (unpaired) electrons. The van der Waals surface area contributed by atoms with Gasteiger partial charge in [0.25, 0.3) is 6.29 Å². The zero-order valence-corrected chi connectivity index (χ0v) is 8.62. The third-order valence-electron chi connectivity index (χ3n) is 2.04. The second-order valence-electron chi connectivity index (χ2n) is 4.17. The Kier molecular flexibility index (Phi) is 2.64. The van der Waals surface area contributed by atoms with Gasteiger partial charge in [-0.1, -0.05) is 20.4 Å². The SMILES string of the molecule is C=C(C)C(=O)OC1OC(=O)CC1(C)C. The summed E-state index contributed by atoms with van der Waals surface area (Å²) in [6.45, 7) is 8.62. The first-order valence-corrected chi connectivity index (χ1v) is 4.39. The van der Waals surface area contributed by atoms with Crippen LogP contribution >= 0.6 is 0 Å². The van der Waals surface area contributed by atoms with E-state index in [0.717, 1.165) is 0 Å². The molecule has 0 aromatic heterocycles. The van der Waals surface area contributed by atoms with Crippen LogP contribution < -0.4 is 0 Å². The average molecular weight is 198 g/mol. The summed E-state index contributed by atoms with van der Waals surface area (Å²) >= 11 is 0. The van der Waals surface area contributed by atoms with E-state index < -0.39 is 17.7 Å². The van der Waals surface area contributed by atoms with Crippen LogP contribution in [0.1, 0.15) is 27.2 Å². The molecule has 4 nitrogen and oxygen atoms in total. The molecule has 0 amide bonds. The molecule has 0 saturated carbocycles. The average Bonchev–Trinajstić information content (AvgIpc) is 2.24. The van der Waals surface area contributed by atoms with Crippen LogP contribution in [0.15, 0.2) is 12.2 Å². The van der Waals surface area contributed by atoms with E-state index in [2.05, 4.69) is 6.58 Å². The van der Waals surface area contributed by atoms with Crippen molar-refractivity contribution < 1.29 is 19.1 Å². The first-order valence-electron chi connectivity index (χ1n) is 4.39. The number of rotatable bonds is 2. The maximum absolute atomic E-state index is 11.2. The number of ether oxygens (including phenoxy) is 2. The predicted octanol–water partition coefficient (Wildman–Crippen LogP) is 1.40. The Morgan fingerprint density at radius 1 is 1.64 bits per heavy atom. The maximum atomic E-state index is 11.2. The van der Waals surface area contributed by atoms with Crippen molar-refractivity contribution in [2.75, 3.05) is 0 Å². The zero-order valence-electron chi connectivity index (χ0n) is 8.62. The van der Waals surface area contributed by atoms with Gasteiger partial charge in [0.2, 0.25) is 0 Å². The summed E-state index contributed by atoms with van der Waals surface area (Å²) in [6, 6.07) is 0. The summed E-state index contributed by atoms with van der Waals surface area (Å²) in [4.78, 5) is 22.2. The van der Waals surface area contributed by atoms with Gasteiger partial charge in [-0.3, -0.25) is 4.79 Å². The van der Waals surface area contributed by atoms with E-state index >= 15 is 0 Å². The van der Waals surface area contributed by atoms with E-state index in [0.29, 0.717) is 5.57 Å². The Labute approximate surface area is 82.9 Å². The highest BCUT2D eigenvalue weighted by molar-refractivity contribution is 5.87. The van der Waals surface area contributed by atoms with Gasteiger partial charge in [-0.25, -0.2) is 4.79 Å². The molecule has 0 bridgehead atoms. The van der Waals surface area contributed by atoms with Crippen LogP contribution in [0.3, 0.4) is 0 Å². The van der Waals surface area contributed by atoms with Crippen molar-refractivity contribution in [3.8, 4) is 0 Å². The predicted molar refractivity (Wildman–Crippen MR) is 49.2 cm³/mol. The van der Waals surface area contributed by atoms with E-state index in [-0.39, 0.29) is 12.4 Å². The second kappa shape index (κ2) is 3.44. The van der Waals surface area contributed by atoms with Crippen LogP contribution in [0, 0.1) is 5.41 Å². The summed E-state index contributed by atoms with van der Waals surface area (Å²) < 4.78 is 9.85. The van der Waals surface area contributed by atoms with E-state index in [4.69, 9.17) is 9.47 Å². The van der Waals surface area contributed by atoms with Crippen LogP contribution in [0.4, 0.5) is 0 Å². The Morgan fingerprint density at radius 3 is 2.57 bits per heavy atom. The summed E-state index contributed by atoms with van der Waals surface area (Å²) in [7, 11) is 0. The van der Waals surface area contributed by atoms with Crippen LogP contribution in [0.25, 0.3) is 0 Å². The number of carbonyl (C=O) groups excluding carboxylic acids is 2. The van der Waals surface area contributed by atoms with Crippen molar-refractivity contribution in [3.63, 3.8) is 0 Å². The number of hydrogen-bond acceptors (Lipinski definition) is 4. The summed E-state index contributed by atoms with van der Waals surface area (Å²) in [6.07, 6.45) is -0.527. The molecule has 14 heavy (non-hydrogen) atoms. The molecule has 1 unspecified atom stereocenters. The topological polar surface area (TPSA) is 52.6 Å². The van der Waals surface area contributed by atoms with Gasteiger partial charge in [0.1, 0.15) is 0 Å². The van der Waals surface area contributed by atoms with Gasteiger partial charge < -0.3 is 9.47 Å². The Hall–Kier alpha value is -1.32. The number of cyclic esters (lactones) is 1. The second-order valence-corrected chi connectivity index (χ2v) is 4.17. The normalized spacial score (nSPS) is 24.2. The fourth-order valence-electron chi connectivity index (χ4n) is 1.16. The number of hydrogen-bond donors (Lipinski definition) is 0. The standard InChI is InChI=1S/C10H14O4/c1-6(2)8(12)14-9-10(3,4)5-7(11)13-9/h9H,1,5H2,2-4H3. The van der Waals surface area contributed by atoms with Crippen molar-refractivity contribution in [1.29, 1.82) is 0 Å². The van der Waals surface area contributed by atoms with Crippen molar-refractivity contribution in [3.05, 3.63) is 12.2 Å². The highest BCUT2D eigenvalue weighted by Gasteiger charge is 2.44. The molecule has 78 valence electrons. The Morgan fingerprint density at radius 2 is 2.21 bits per heavy atom. The largest absolute Gasteiger partial charge is 0.424 e. The minimum Gasteiger partial charge on any atom is -0.424 e. The van der Waals surface area contributed by atoms with Crippen LogP contribution in [-0.4, -0.2) is 18.2 Å². The molecule has 1 fully saturated rings. The smallest absolute Gasteiger partial charge is 0.336 e. The lowest BCUT2D eigenvalue weighted by Crippen LogP contribution is -2.30. The van der Waals surface area contributed by atoms with Crippen molar-refractivity contribution >= 4 is 11.9 Å². The molecule has 4 heteroatoms. The molecule has 1 heterocycles. The van der Waals surface area contributed by atoms with E-state index in [9.17, 15) is 9.59 Å². The van der Waals surface area contributed by atoms with E-state index in [1.807, 2.05) is 13.8 Å². The van der Waals surface area contributed by atoms with Gasteiger partial charge in [0.05, 0.1) is 6.42 Å². The fraction of sp³-hybridized carbons (Fsp3) is 0.600. The molecule has 1 atom stereocenters. The molecule has 0 aromatic rings. The Bertz CT molecular complexity index is 290. The monoisotopic (exact) mass is 198 g/mol. The minimum atomic E-state index is -0.792. The molecule has 0 spiro atoms. The molecule has 1 saturated heterocycles. The van der Waals surface area contributed by atoms with Crippen molar-refractivity contribution in [1.82, 2.24) is 0 Å². The number of carbonyl (C=O) groups is 2. The lowest BCUT2D eigenvalue weighted by Gasteiger charge is -2.22. The lowest BCUT2D eigenvalue weighted by molar-refractivity contribution is -0.184.